The predicted octanol–water partition coefficient (Wildman–Crippen LogP) is 2.34. The molecule has 0 aliphatic carbocycles. The largest absolute Gasteiger partial charge is 0.197 e. The summed E-state index contributed by atoms with van der Waals surface area (Å²) < 4.78 is 0. The number of nitrogens with zero attached hydrogens (tertiary/aromatic N) is 2. The molecule has 0 N–H and O–H groups in total. The summed E-state index contributed by atoms with van der Waals surface area (Å²) in [5, 5.41) is 16.7. The topological polar surface area (TPSA) is 47.6 Å². The lowest BCUT2D eigenvalue weighted by Gasteiger charge is -1.99. The molecule has 2 unspecified atom stereocenters. The molecule has 10 heavy (non-hydrogen) atoms. The van der Waals surface area contributed by atoms with Crippen molar-refractivity contribution in [1.29, 1.82) is 10.5 Å². The van der Waals surface area contributed by atoms with Gasteiger partial charge < -0.3 is 0 Å². The van der Waals surface area contributed by atoms with E-state index >= 15 is 0 Å². The van der Waals surface area contributed by atoms with Crippen molar-refractivity contribution < 1.29 is 0 Å². The molecular formula is C6H6Br2N2. The van der Waals surface area contributed by atoms with E-state index in [4.69, 9.17) is 10.5 Å². The van der Waals surface area contributed by atoms with Gasteiger partial charge in [-0.15, -0.1) is 0 Å². The molecule has 0 saturated heterocycles. The van der Waals surface area contributed by atoms with Crippen LogP contribution in [0, 0.1) is 22.7 Å². The molecule has 54 valence electrons. The van der Waals surface area contributed by atoms with Crippen molar-refractivity contribution in [1.82, 2.24) is 0 Å². The molecule has 0 aliphatic rings. The van der Waals surface area contributed by atoms with Gasteiger partial charge in [0.1, 0.15) is 9.65 Å². The van der Waals surface area contributed by atoms with Crippen molar-refractivity contribution in [3.05, 3.63) is 0 Å². The highest BCUT2D eigenvalue weighted by atomic mass is 79.9. The van der Waals surface area contributed by atoms with Crippen molar-refractivity contribution in [2.75, 3.05) is 0 Å². The Bertz CT molecular complexity index is 148. The van der Waals surface area contributed by atoms with Crippen molar-refractivity contribution in [2.24, 2.45) is 0 Å². The zero-order chi connectivity index (χ0) is 7.98. The summed E-state index contributed by atoms with van der Waals surface area (Å²) in [7, 11) is 0. The van der Waals surface area contributed by atoms with E-state index in [9.17, 15) is 0 Å². The molecule has 0 radical (unpaired) electrons. The van der Waals surface area contributed by atoms with E-state index in [1.54, 1.807) is 0 Å². The molecule has 2 atom stereocenters. The van der Waals surface area contributed by atoms with Gasteiger partial charge in [-0.1, -0.05) is 31.9 Å². The van der Waals surface area contributed by atoms with Gasteiger partial charge in [0.15, 0.2) is 0 Å². The third-order valence-corrected chi connectivity index (χ3v) is 2.28. The zero-order valence-corrected chi connectivity index (χ0v) is 8.39. The Morgan fingerprint density at radius 3 is 1.50 bits per heavy atom. The standard InChI is InChI=1S/C6H6Br2N2/c7-5(3-9)1-2-6(8)4-10/h5-6H,1-2H2. The van der Waals surface area contributed by atoms with Gasteiger partial charge in [-0.25, -0.2) is 0 Å². The Kier molecular flexibility index (Phi) is 5.67. The van der Waals surface area contributed by atoms with Crippen LogP contribution >= 0.6 is 31.9 Å². The summed E-state index contributed by atoms with van der Waals surface area (Å²) in [4.78, 5) is -0.248. The summed E-state index contributed by atoms with van der Waals surface area (Å²) >= 11 is 6.29. The molecule has 0 bridgehead atoms. The lowest BCUT2D eigenvalue weighted by molar-refractivity contribution is 0.807. The Labute approximate surface area is 77.1 Å². The maximum atomic E-state index is 8.33. The first-order chi connectivity index (χ1) is 4.70. The van der Waals surface area contributed by atoms with E-state index in [0.717, 1.165) is 0 Å². The molecule has 0 aromatic carbocycles. The number of hydrogen-bond acceptors (Lipinski definition) is 2. The van der Waals surface area contributed by atoms with Crippen LogP contribution in [-0.2, 0) is 0 Å². The molecule has 0 rings (SSSR count). The molecule has 4 heteroatoms. The van der Waals surface area contributed by atoms with Crippen LogP contribution in [0.25, 0.3) is 0 Å². The van der Waals surface area contributed by atoms with Gasteiger partial charge in [-0.3, -0.25) is 0 Å². The van der Waals surface area contributed by atoms with Crippen LogP contribution in [0.4, 0.5) is 0 Å². The van der Waals surface area contributed by atoms with Gasteiger partial charge in [-0.05, 0) is 12.8 Å². The minimum Gasteiger partial charge on any atom is -0.197 e. The van der Waals surface area contributed by atoms with Crippen molar-refractivity contribution in [2.45, 2.75) is 22.5 Å². The van der Waals surface area contributed by atoms with Gasteiger partial charge in [-0.2, -0.15) is 10.5 Å². The summed E-state index contributed by atoms with van der Waals surface area (Å²) in [5.74, 6) is 0. The van der Waals surface area contributed by atoms with Crippen LogP contribution in [0.1, 0.15) is 12.8 Å². The normalized spacial score (nSPS) is 14.8. The quantitative estimate of drug-likeness (QED) is 0.736. The van der Waals surface area contributed by atoms with Crippen LogP contribution in [0.3, 0.4) is 0 Å². The third kappa shape index (κ3) is 4.78. The summed E-state index contributed by atoms with van der Waals surface area (Å²) in [6.45, 7) is 0. The lowest BCUT2D eigenvalue weighted by Crippen LogP contribution is -1.99. The Balaban J connectivity index is 3.40. The number of nitriles is 2. The SMILES string of the molecule is N#CC(Br)CCC(Br)C#N. The molecule has 0 aliphatic heterocycles. The molecule has 0 spiro atoms. The van der Waals surface area contributed by atoms with E-state index in [1.165, 1.54) is 0 Å². The number of hydrogen-bond donors (Lipinski definition) is 0. The minimum absolute atomic E-state index is 0.124. The molecule has 0 saturated carbocycles. The lowest BCUT2D eigenvalue weighted by atomic mass is 10.2. The fraction of sp³-hybridized carbons (Fsp3) is 0.667. The van der Waals surface area contributed by atoms with Gasteiger partial charge >= 0.3 is 0 Å². The monoisotopic (exact) mass is 264 g/mol. The molecule has 0 amide bonds. The first-order valence-electron chi connectivity index (χ1n) is 2.78. The van der Waals surface area contributed by atoms with Gasteiger partial charge in [0, 0.05) is 0 Å². The maximum Gasteiger partial charge on any atom is 0.101 e. The molecule has 0 fully saturated rings. The van der Waals surface area contributed by atoms with E-state index in [-0.39, 0.29) is 9.65 Å². The Hall–Kier alpha value is -0.0600. The Morgan fingerprint density at radius 1 is 1.00 bits per heavy atom. The molecule has 0 heterocycles. The fourth-order valence-corrected chi connectivity index (χ4v) is 0.950. The van der Waals surface area contributed by atoms with Crippen molar-refractivity contribution in [3.8, 4) is 12.1 Å². The second kappa shape index (κ2) is 5.70. The summed E-state index contributed by atoms with van der Waals surface area (Å²) in [6, 6.07) is 4.06. The van der Waals surface area contributed by atoms with Crippen LogP contribution in [0.2, 0.25) is 0 Å². The number of halogens is 2. The second-order valence-corrected chi connectivity index (χ2v) is 3.98. The van der Waals surface area contributed by atoms with Crippen LogP contribution < -0.4 is 0 Å². The van der Waals surface area contributed by atoms with Crippen LogP contribution in [-0.4, -0.2) is 9.65 Å². The average Bonchev–Trinajstić information content (AvgIpc) is 1.99. The highest BCUT2D eigenvalue weighted by molar-refractivity contribution is 9.10. The minimum atomic E-state index is -0.124. The zero-order valence-electron chi connectivity index (χ0n) is 5.22. The van der Waals surface area contributed by atoms with E-state index in [0.29, 0.717) is 12.8 Å². The van der Waals surface area contributed by atoms with E-state index in [2.05, 4.69) is 31.9 Å². The van der Waals surface area contributed by atoms with Gasteiger partial charge in [0.25, 0.3) is 0 Å². The Morgan fingerprint density at radius 2 is 1.30 bits per heavy atom. The average molecular weight is 266 g/mol. The van der Waals surface area contributed by atoms with Crippen LogP contribution in [0.15, 0.2) is 0 Å². The summed E-state index contributed by atoms with van der Waals surface area (Å²) in [6.07, 6.45) is 1.42. The molecule has 0 aromatic rings. The van der Waals surface area contributed by atoms with Crippen molar-refractivity contribution in [3.63, 3.8) is 0 Å². The van der Waals surface area contributed by atoms with Crippen LogP contribution in [0.5, 0.6) is 0 Å². The number of rotatable bonds is 3. The molecular weight excluding hydrogens is 260 g/mol. The van der Waals surface area contributed by atoms with E-state index in [1.807, 2.05) is 12.1 Å². The maximum absolute atomic E-state index is 8.33. The fourth-order valence-electron chi connectivity index (χ4n) is 0.422. The van der Waals surface area contributed by atoms with Gasteiger partial charge in [0.2, 0.25) is 0 Å². The third-order valence-electron chi connectivity index (χ3n) is 0.954. The van der Waals surface area contributed by atoms with Crippen molar-refractivity contribution >= 4 is 31.9 Å². The highest BCUT2D eigenvalue weighted by Gasteiger charge is 2.06. The smallest absolute Gasteiger partial charge is 0.101 e. The molecule has 2 nitrogen and oxygen atoms in total. The predicted molar refractivity (Wildman–Crippen MR) is 45.9 cm³/mol. The number of alkyl halides is 2. The van der Waals surface area contributed by atoms with Gasteiger partial charge in [0.05, 0.1) is 12.1 Å². The summed E-state index contributed by atoms with van der Waals surface area (Å²) in [5.41, 5.74) is 0. The van der Waals surface area contributed by atoms with E-state index < -0.39 is 0 Å². The second-order valence-electron chi connectivity index (χ2n) is 1.77. The first-order valence-corrected chi connectivity index (χ1v) is 4.61. The molecule has 0 aromatic heterocycles. The first kappa shape index (κ1) is 9.94. The highest BCUT2D eigenvalue weighted by Crippen LogP contribution is 2.12.